The summed E-state index contributed by atoms with van der Waals surface area (Å²) in [6, 6.07) is 12.4. The van der Waals surface area contributed by atoms with Crippen LogP contribution in [0.3, 0.4) is 0 Å². The van der Waals surface area contributed by atoms with Crippen molar-refractivity contribution in [1.82, 2.24) is 9.97 Å². The van der Waals surface area contributed by atoms with E-state index in [4.69, 9.17) is 21.1 Å². The van der Waals surface area contributed by atoms with Gasteiger partial charge in [0.15, 0.2) is 0 Å². The number of hydrogen-bond acceptors (Lipinski definition) is 3. The van der Waals surface area contributed by atoms with E-state index >= 15 is 0 Å². The Balaban J connectivity index is 1.63. The fourth-order valence-electron chi connectivity index (χ4n) is 3.99. The van der Waals surface area contributed by atoms with Crippen LogP contribution in [0.25, 0.3) is 32.9 Å². The second kappa shape index (κ2) is 6.80. The molecule has 3 heterocycles. The van der Waals surface area contributed by atoms with Crippen molar-refractivity contribution < 1.29 is 9.47 Å². The summed E-state index contributed by atoms with van der Waals surface area (Å²) in [6.07, 6.45) is 2.93. The Bertz CT molecular complexity index is 1190. The summed E-state index contributed by atoms with van der Waals surface area (Å²) >= 11 is 6.49. The number of fused-ring (bicyclic) bond motifs is 3. The minimum atomic E-state index is 0.145. The molecule has 5 rings (SSSR count). The molecular weight excluding hydrogens is 372 g/mol. The maximum atomic E-state index is 6.49. The van der Waals surface area contributed by atoms with Crippen LogP contribution < -0.4 is 4.74 Å². The molecule has 1 aliphatic heterocycles. The van der Waals surface area contributed by atoms with E-state index in [1.165, 1.54) is 0 Å². The normalized spacial score (nSPS) is 16.9. The van der Waals surface area contributed by atoms with E-state index in [1.807, 2.05) is 37.4 Å². The molecule has 0 spiro atoms. The molecule has 1 unspecified atom stereocenters. The number of aryl methyl sites for hydroxylation is 2. The molecule has 1 atom stereocenters. The largest absolute Gasteiger partial charge is 0.488 e. The third-order valence-corrected chi connectivity index (χ3v) is 5.67. The van der Waals surface area contributed by atoms with Gasteiger partial charge in [0.05, 0.1) is 29.9 Å². The lowest BCUT2D eigenvalue weighted by Crippen LogP contribution is -2.16. The maximum Gasteiger partial charge on any atom is 0.124 e. The van der Waals surface area contributed by atoms with Gasteiger partial charge in [-0.25, -0.2) is 0 Å². The summed E-state index contributed by atoms with van der Waals surface area (Å²) in [7, 11) is 0. The average molecular weight is 393 g/mol. The monoisotopic (exact) mass is 392 g/mol. The number of benzene rings is 2. The number of halogens is 1. The van der Waals surface area contributed by atoms with Gasteiger partial charge in [-0.3, -0.25) is 4.98 Å². The van der Waals surface area contributed by atoms with Crippen molar-refractivity contribution in [3.8, 4) is 16.9 Å². The highest BCUT2D eigenvalue weighted by molar-refractivity contribution is 6.32. The first-order valence-corrected chi connectivity index (χ1v) is 9.90. The molecule has 4 nitrogen and oxygen atoms in total. The van der Waals surface area contributed by atoms with E-state index in [1.54, 1.807) is 0 Å². The third-order valence-electron chi connectivity index (χ3n) is 5.45. The van der Waals surface area contributed by atoms with Crippen molar-refractivity contribution in [2.45, 2.75) is 26.4 Å². The molecule has 5 heteroatoms. The van der Waals surface area contributed by atoms with E-state index in [0.717, 1.165) is 68.0 Å². The summed E-state index contributed by atoms with van der Waals surface area (Å²) in [6.45, 7) is 5.53. The lowest BCUT2D eigenvalue weighted by Gasteiger charge is -2.15. The molecule has 0 bridgehead atoms. The van der Waals surface area contributed by atoms with Crippen molar-refractivity contribution in [2.75, 3.05) is 13.2 Å². The van der Waals surface area contributed by atoms with Gasteiger partial charge in [-0.15, -0.1) is 0 Å². The molecule has 2 aromatic heterocycles. The zero-order chi connectivity index (χ0) is 19.3. The van der Waals surface area contributed by atoms with Gasteiger partial charge in [0.2, 0.25) is 0 Å². The molecule has 0 radical (unpaired) electrons. The van der Waals surface area contributed by atoms with Gasteiger partial charge in [0.25, 0.3) is 0 Å². The highest BCUT2D eigenvalue weighted by atomic mass is 35.5. The quantitative estimate of drug-likeness (QED) is 0.477. The van der Waals surface area contributed by atoms with Gasteiger partial charge in [0, 0.05) is 34.0 Å². The first kappa shape index (κ1) is 17.5. The third kappa shape index (κ3) is 2.93. The lowest BCUT2D eigenvalue weighted by molar-refractivity contribution is 0.141. The standard InChI is InChI=1S/C23H21ClN2O2/c1-13-9-15(3-4-21(13)28-17-6-8-27-12-17)19-10-16(24)11-20-18-5-7-25-14(2)22(18)26-23(19)20/h3-5,7,9-11,17,26H,6,8,12H2,1-2H3. The Labute approximate surface area is 168 Å². The number of pyridine rings is 1. The Morgan fingerprint density at radius 2 is 2.00 bits per heavy atom. The fraction of sp³-hybridized carbons (Fsp3) is 0.261. The SMILES string of the molecule is Cc1cc(-c2cc(Cl)cc3c2[nH]c2c(C)nccc23)ccc1OC1CCOC1. The molecule has 28 heavy (non-hydrogen) atoms. The van der Waals surface area contributed by atoms with Crippen LogP contribution in [-0.4, -0.2) is 29.3 Å². The minimum absolute atomic E-state index is 0.145. The number of ether oxygens (including phenoxy) is 2. The Hall–Kier alpha value is -2.56. The van der Waals surface area contributed by atoms with Gasteiger partial charge < -0.3 is 14.5 Å². The molecule has 1 saturated heterocycles. The van der Waals surface area contributed by atoms with Crippen molar-refractivity contribution >= 4 is 33.4 Å². The van der Waals surface area contributed by atoms with Gasteiger partial charge in [-0.2, -0.15) is 0 Å². The Kier molecular flexibility index (Phi) is 4.26. The number of rotatable bonds is 3. The van der Waals surface area contributed by atoms with Gasteiger partial charge >= 0.3 is 0 Å². The van der Waals surface area contributed by atoms with E-state index in [0.29, 0.717) is 6.61 Å². The van der Waals surface area contributed by atoms with Gasteiger partial charge in [0.1, 0.15) is 11.9 Å². The number of aromatic nitrogens is 2. The van der Waals surface area contributed by atoms with Crippen LogP contribution >= 0.6 is 11.6 Å². The van der Waals surface area contributed by atoms with E-state index in [2.05, 4.69) is 29.0 Å². The molecule has 142 valence electrons. The molecule has 2 aromatic carbocycles. The van der Waals surface area contributed by atoms with Crippen molar-refractivity contribution in [2.24, 2.45) is 0 Å². The lowest BCUT2D eigenvalue weighted by atomic mass is 10.00. The highest BCUT2D eigenvalue weighted by Crippen LogP contribution is 2.37. The average Bonchev–Trinajstić information content (AvgIpc) is 3.31. The van der Waals surface area contributed by atoms with Crippen molar-refractivity contribution in [3.63, 3.8) is 0 Å². The van der Waals surface area contributed by atoms with Crippen LogP contribution in [0.1, 0.15) is 17.7 Å². The molecular formula is C23H21ClN2O2. The summed E-state index contributed by atoms with van der Waals surface area (Å²) in [5.74, 6) is 0.911. The number of hydrogen-bond donors (Lipinski definition) is 1. The van der Waals surface area contributed by atoms with E-state index in [9.17, 15) is 0 Å². The predicted octanol–water partition coefficient (Wildman–Crippen LogP) is 5.82. The highest BCUT2D eigenvalue weighted by Gasteiger charge is 2.19. The summed E-state index contributed by atoms with van der Waals surface area (Å²) in [4.78, 5) is 7.98. The predicted molar refractivity (Wildman–Crippen MR) is 113 cm³/mol. The number of aromatic amines is 1. The molecule has 4 aromatic rings. The van der Waals surface area contributed by atoms with Crippen LogP contribution in [-0.2, 0) is 4.74 Å². The summed E-state index contributed by atoms with van der Waals surface area (Å²) < 4.78 is 11.5. The van der Waals surface area contributed by atoms with Gasteiger partial charge in [-0.1, -0.05) is 17.7 Å². The van der Waals surface area contributed by atoms with Crippen LogP contribution in [0.2, 0.25) is 5.02 Å². The van der Waals surface area contributed by atoms with Crippen molar-refractivity contribution in [3.05, 3.63) is 58.9 Å². The van der Waals surface area contributed by atoms with Crippen molar-refractivity contribution in [1.29, 1.82) is 0 Å². The first-order chi connectivity index (χ1) is 13.6. The molecule has 0 amide bonds. The Morgan fingerprint density at radius 3 is 2.79 bits per heavy atom. The Morgan fingerprint density at radius 1 is 1.11 bits per heavy atom. The van der Waals surface area contributed by atoms with Crippen LogP contribution in [0, 0.1) is 13.8 Å². The maximum absolute atomic E-state index is 6.49. The molecule has 1 fully saturated rings. The molecule has 1 N–H and O–H groups in total. The number of H-pyrrole nitrogens is 1. The minimum Gasteiger partial charge on any atom is -0.488 e. The topological polar surface area (TPSA) is 47.1 Å². The zero-order valence-corrected chi connectivity index (χ0v) is 16.6. The van der Waals surface area contributed by atoms with E-state index < -0.39 is 0 Å². The number of nitrogens with one attached hydrogen (secondary N) is 1. The van der Waals surface area contributed by atoms with Crippen LogP contribution in [0.5, 0.6) is 5.75 Å². The first-order valence-electron chi connectivity index (χ1n) is 9.52. The number of nitrogens with zero attached hydrogens (tertiary/aromatic N) is 1. The van der Waals surface area contributed by atoms with Crippen LogP contribution in [0.4, 0.5) is 0 Å². The van der Waals surface area contributed by atoms with Crippen LogP contribution in [0.15, 0.2) is 42.6 Å². The second-order valence-corrected chi connectivity index (χ2v) is 7.84. The molecule has 0 aliphatic carbocycles. The summed E-state index contributed by atoms with van der Waals surface area (Å²) in [5.41, 5.74) is 6.40. The molecule has 0 saturated carbocycles. The zero-order valence-electron chi connectivity index (χ0n) is 15.9. The smallest absolute Gasteiger partial charge is 0.124 e. The molecule has 1 aliphatic rings. The summed E-state index contributed by atoms with van der Waals surface area (Å²) in [5, 5.41) is 2.98. The van der Waals surface area contributed by atoms with Gasteiger partial charge in [-0.05, 0) is 55.3 Å². The fourth-order valence-corrected chi connectivity index (χ4v) is 4.21. The second-order valence-electron chi connectivity index (χ2n) is 7.40. The van der Waals surface area contributed by atoms with E-state index in [-0.39, 0.29) is 6.10 Å².